The number of alkyl halides is 3. The highest BCUT2D eigenvalue weighted by Crippen LogP contribution is 2.25. The Morgan fingerprint density at radius 1 is 1.37 bits per heavy atom. The summed E-state index contributed by atoms with van der Waals surface area (Å²) in [6.07, 6.45) is -2.40. The Hall–Kier alpha value is -0.780. The average molecular weight is 281 g/mol. The van der Waals surface area contributed by atoms with E-state index < -0.39 is 31.0 Å². The Bertz CT molecular complexity index is 292. The molecule has 112 valence electrons. The zero-order chi connectivity index (χ0) is 14.5. The van der Waals surface area contributed by atoms with E-state index in [2.05, 4.69) is 0 Å². The van der Waals surface area contributed by atoms with Crippen LogP contribution in [0.5, 0.6) is 0 Å². The van der Waals surface area contributed by atoms with Gasteiger partial charge in [-0.25, -0.2) is 0 Å². The first kappa shape index (κ1) is 16.3. The Morgan fingerprint density at radius 3 is 2.63 bits per heavy atom. The van der Waals surface area contributed by atoms with E-state index in [0.717, 1.165) is 25.7 Å². The van der Waals surface area contributed by atoms with Crippen molar-refractivity contribution in [1.29, 1.82) is 0 Å². The van der Waals surface area contributed by atoms with Gasteiger partial charge in [0.2, 0.25) is 5.91 Å². The number of likely N-dealkylation sites (tertiary alicyclic amines) is 1. The molecule has 1 rings (SSSR count). The minimum atomic E-state index is -4.29. The van der Waals surface area contributed by atoms with Crippen molar-refractivity contribution in [2.45, 2.75) is 70.2 Å². The molecule has 0 spiro atoms. The lowest BCUT2D eigenvalue weighted by molar-refractivity contribution is -0.150. The number of aliphatic hydroxyl groups excluding tert-OH is 1. The normalized spacial score (nSPS) is 23.0. The summed E-state index contributed by atoms with van der Waals surface area (Å²) in [6.45, 7) is 2.15. The Kier molecular flexibility index (Phi) is 6.10. The summed E-state index contributed by atoms with van der Waals surface area (Å²) in [4.78, 5) is 13.5. The second kappa shape index (κ2) is 7.12. The molecule has 0 aromatic carbocycles. The number of nitrogens with zero attached hydrogens (tertiary/aromatic N) is 1. The SMILES string of the molecule is CC(O)CC1CCCCCN1C(=O)CCC(F)(F)F. The van der Waals surface area contributed by atoms with Gasteiger partial charge in [0.15, 0.2) is 0 Å². The molecule has 3 nitrogen and oxygen atoms in total. The molecule has 0 radical (unpaired) electrons. The van der Waals surface area contributed by atoms with Crippen molar-refractivity contribution >= 4 is 5.91 Å². The summed E-state index contributed by atoms with van der Waals surface area (Å²) < 4.78 is 36.5. The van der Waals surface area contributed by atoms with Crippen LogP contribution in [0.2, 0.25) is 0 Å². The third-order valence-electron chi connectivity index (χ3n) is 3.43. The van der Waals surface area contributed by atoms with Crippen LogP contribution in [0.1, 0.15) is 51.9 Å². The van der Waals surface area contributed by atoms with E-state index in [0.29, 0.717) is 13.0 Å². The molecule has 0 aliphatic carbocycles. The van der Waals surface area contributed by atoms with Crippen LogP contribution in [0.25, 0.3) is 0 Å². The highest BCUT2D eigenvalue weighted by atomic mass is 19.4. The molecule has 1 N–H and O–H groups in total. The van der Waals surface area contributed by atoms with Crippen LogP contribution in [0.15, 0.2) is 0 Å². The molecule has 0 bridgehead atoms. The average Bonchev–Trinajstić information content (AvgIpc) is 2.49. The van der Waals surface area contributed by atoms with Crippen molar-refractivity contribution in [1.82, 2.24) is 4.90 Å². The van der Waals surface area contributed by atoms with Crippen LogP contribution in [0.4, 0.5) is 13.2 Å². The molecule has 1 aliphatic heterocycles. The van der Waals surface area contributed by atoms with Crippen molar-refractivity contribution < 1.29 is 23.1 Å². The van der Waals surface area contributed by atoms with Crippen molar-refractivity contribution in [3.63, 3.8) is 0 Å². The minimum absolute atomic E-state index is 0.122. The van der Waals surface area contributed by atoms with Gasteiger partial charge in [-0.15, -0.1) is 0 Å². The van der Waals surface area contributed by atoms with Gasteiger partial charge in [-0.1, -0.05) is 12.8 Å². The first-order valence-electron chi connectivity index (χ1n) is 6.84. The van der Waals surface area contributed by atoms with Gasteiger partial charge in [0.1, 0.15) is 0 Å². The fraction of sp³-hybridized carbons (Fsp3) is 0.923. The van der Waals surface area contributed by atoms with Gasteiger partial charge in [-0.05, 0) is 26.2 Å². The Balaban J connectivity index is 2.60. The second-order valence-electron chi connectivity index (χ2n) is 5.29. The zero-order valence-electron chi connectivity index (χ0n) is 11.2. The Labute approximate surface area is 111 Å². The van der Waals surface area contributed by atoms with Gasteiger partial charge in [-0.2, -0.15) is 13.2 Å². The minimum Gasteiger partial charge on any atom is -0.393 e. The molecular weight excluding hydrogens is 259 g/mol. The largest absolute Gasteiger partial charge is 0.393 e. The predicted molar refractivity (Wildman–Crippen MR) is 65.6 cm³/mol. The molecule has 19 heavy (non-hydrogen) atoms. The molecule has 1 heterocycles. The highest BCUT2D eigenvalue weighted by Gasteiger charge is 2.31. The van der Waals surface area contributed by atoms with Crippen LogP contribution >= 0.6 is 0 Å². The number of hydrogen-bond acceptors (Lipinski definition) is 2. The molecule has 2 atom stereocenters. The zero-order valence-corrected chi connectivity index (χ0v) is 11.2. The van der Waals surface area contributed by atoms with E-state index >= 15 is 0 Å². The third kappa shape index (κ3) is 6.27. The molecule has 0 aromatic rings. The lowest BCUT2D eigenvalue weighted by Gasteiger charge is -2.31. The topological polar surface area (TPSA) is 40.5 Å². The predicted octanol–water partition coefficient (Wildman–Crippen LogP) is 2.87. The van der Waals surface area contributed by atoms with Crippen LogP contribution < -0.4 is 0 Å². The number of amides is 1. The fourth-order valence-electron chi connectivity index (χ4n) is 2.54. The van der Waals surface area contributed by atoms with Gasteiger partial charge in [0.25, 0.3) is 0 Å². The maximum Gasteiger partial charge on any atom is 0.389 e. The fourth-order valence-corrected chi connectivity index (χ4v) is 2.54. The van der Waals surface area contributed by atoms with Gasteiger partial charge in [0, 0.05) is 19.0 Å². The van der Waals surface area contributed by atoms with Crippen molar-refractivity contribution in [2.75, 3.05) is 6.54 Å². The number of aliphatic hydroxyl groups is 1. The molecular formula is C13H22F3NO2. The number of hydrogen-bond donors (Lipinski definition) is 1. The summed E-state index contributed by atoms with van der Waals surface area (Å²) in [5.41, 5.74) is 0. The summed E-state index contributed by atoms with van der Waals surface area (Å²) >= 11 is 0. The second-order valence-corrected chi connectivity index (χ2v) is 5.29. The quantitative estimate of drug-likeness (QED) is 0.860. The number of carbonyl (C=O) groups is 1. The van der Waals surface area contributed by atoms with E-state index in [-0.39, 0.29) is 6.04 Å². The van der Waals surface area contributed by atoms with Gasteiger partial charge in [-0.3, -0.25) is 4.79 Å². The lowest BCUT2D eigenvalue weighted by atomic mass is 10.0. The summed E-state index contributed by atoms with van der Waals surface area (Å²) in [7, 11) is 0. The number of rotatable bonds is 4. The van der Waals surface area contributed by atoms with Crippen molar-refractivity contribution in [2.24, 2.45) is 0 Å². The lowest BCUT2D eigenvalue weighted by Crippen LogP contribution is -2.41. The number of halogens is 3. The third-order valence-corrected chi connectivity index (χ3v) is 3.43. The van der Waals surface area contributed by atoms with Crippen LogP contribution in [0, 0.1) is 0 Å². The molecule has 1 amide bonds. The van der Waals surface area contributed by atoms with E-state index in [9.17, 15) is 23.1 Å². The summed E-state index contributed by atoms with van der Waals surface area (Å²) in [6, 6.07) is -0.122. The van der Waals surface area contributed by atoms with E-state index in [1.807, 2.05) is 0 Å². The first-order valence-corrected chi connectivity index (χ1v) is 6.84. The summed E-state index contributed by atoms with van der Waals surface area (Å²) in [5.74, 6) is -0.440. The van der Waals surface area contributed by atoms with Crippen molar-refractivity contribution in [3.8, 4) is 0 Å². The van der Waals surface area contributed by atoms with Gasteiger partial charge in [0.05, 0.1) is 12.5 Å². The number of carbonyl (C=O) groups excluding carboxylic acids is 1. The maximum absolute atomic E-state index is 12.2. The molecule has 1 aliphatic rings. The Morgan fingerprint density at radius 2 is 2.05 bits per heavy atom. The smallest absolute Gasteiger partial charge is 0.389 e. The standard InChI is InChI=1S/C13H22F3NO2/c1-10(18)9-11-5-3-2-4-8-17(11)12(19)6-7-13(14,15)16/h10-11,18H,2-9H2,1H3. The van der Waals surface area contributed by atoms with Crippen LogP contribution in [0.3, 0.4) is 0 Å². The monoisotopic (exact) mass is 281 g/mol. The van der Waals surface area contributed by atoms with Gasteiger partial charge >= 0.3 is 6.18 Å². The molecule has 1 fully saturated rings. The van der Waals surface area contributed by atoms with E-state index in [1.54, 1.807) is 11.8 Å². The molecule has 2 unspecified atom stereocenters. The van der Waals surface area contributed by atoms with E-state index in [4.69, 9.17) is 0 Å². The van der Waals surface area contributed by atoms with Crippen LogP contribution in [-0.2, 0) is 4.79 Å². The molecule has 0 saturated carbocycles. The molecule has 0 aromatic heterocycles. The molecule has 6 heteroatoms. The van der Waals surface area contributed by atoms with Crippen molar-refractivity contribution in [3.05, 3.63) is 0 Å². The van der Waals surface area contributed by atoms with Gasteiger partial charge < -0.3 is 10.0 Å². The maximum atomic E-state index is 12.2. The molecule has 1 saturated heterocycles. The summed E-state index contributed by atoms with van der Waals surface area (Å²) in [5, 5.41) is 9.44. The van der Waals surface area contributed by atoms with Crippen LogP contribution in [-0.4, -0.2) is 40.8 Å². The first-order chi connectivity index (χ1) is 8.79. The highest BCUT2D eigenvalue weighted by molar-refractivity contribution is 5.76. The van der Waals surface area contributed by atoms with E-state index in [1.165, 1.54) is 0 Å².